The van der Waals surface area contributed by atoms with Crippen LogP contribution in [0.2, 0.25) is 0 Å². The van der Waals surface area contributed by atoms with Crippen LogP contribution in [0.1, 0.15) is 12.5 Å². The number of nitrogens with zero attached hydrogens (tertiary/aromatic N) is 2. The van der Waals surface area contributed by atoms with Gasteiger partial charge >= 0.3 is 0 Å². The van der Waals surface area contributed by atoms with Crippen molar-refractivity contribution in [1.82, 2.24) is 5.32 Å². The van der Waals surface area contributed by atoms with E-state index < -0.39 is 0 Å². The fourth-order valence-corrected chi connectivity index (χ4v) is 4.24. The SMILES string of the molecule is CCNC(=O)[C@@H]1Cc2ccccc2N2CCN(c3ccccc3)C[C@@H]12. The first-order valence-electron chi connectivity index (χ1n) is 9.20. The number of hydrogen-bond acceptors (Lipinski definition) is 3. The second-order valence-electron chi connectivity index (χ2n) is 6.88. The van der Waals surface area contributed by atoms with Crippen molar-refractivity contribution in [2.75, 3.05) is 36.0 Å². The van der Waals surface area contributed by atoms with Crippen molar-refractivity contribution in [1.29, 1.82) is 0 Å². The highest BCUT2D eigenvalue weighted by atomic mass is 16.1. The van der Waals surface area contributed by atoms with Crippen molar-refractivity contribution in [3.63, 3.8) is 0 Å². The van der Waals surface area contributed by atoms with Crippen molar-refractivity contribution in [2.45, 2.75) is 19.4 Å². The van der Waals surface area contributed by atoms with Crippen molar-refractivity contribution in [2.24, 2.45) is 5.92 Å². The number of nitrogens with one attached hydrogen (secondary N) is 1. The molecule has 2 heterocycles. The molecular formula is C21H25N3O. The number of hydrogen-bond donors (Lipinski definition) is 1. The minimum absolute atomic E-state index is 0.00126. The summed E-state index contributed by atoms with van der Waals surface area (Å²) in [6, 6.07) is 19.3. The summed E-state index contributed by atoms with van der Waals surface area (Å²) in [5.41, 5.74) is 3.85. The highest BCUT2D eigenvalue weighted by Crippen LogP contribution is 2.36. The predicted octanol–water partition coefficient (Wildman–Crippen LogP) is 2.69. The maximum atomic E-state index is 12.7. The lowest BCUT2D eigenvalue weighted by Gasteiger charge is -2.49. The van der Waals surface area contributed by atoms with Gasteiger partial charge in [-0.1, -0.05) is 36.4 Å². The molecule has 2 aliphatic rings. The summed E-state index contributed by atoms with van der Waals surface area (Å²) in [6.07, 6.45) is 0.825. The molecule has 0 bridgehead atoms. The standard InChI is InChI=1S/C21H25N3O/c1-2-22-21(25)18-14-16-8-6-7-11-19(16)24-13-12-23(15-20(18)24)17-9-4-3-5-10-17/h3-11,18,20H,2,12-15H2,1H3,(H,22,25)/t18-,20+/m1/s1. The van der Waals surface area contributed by atoms with Crippen LogP contribution in [-0.4, -0.2) is 38.1 Å². The molecule has 0 radical (unpaired) electrons. The lowest BCUT2D eigenvalue weighted by Crippen LogP contribution is -2.61. The molecule has 130 valence electrons. The van der Waals surface area contributed by atoms with E-state index in [0.717, 1.165) is 26.1 Å². The number of carbonyl (C=O) groups is 1. The zero-order valence-corrected chi connectivity index (χ0v) is 14.7. The van der Waals surface area contributed by atoms with Crippen LogP contribution in [-0.2, 0) is 11.2 Å². The molecule has 0 unspecified atom stereocenters. The Morgan fingerprint density at radius 3 is 2.64 bits per heavy atom. The monoisotopic (exact) mass is 335 g/mol. The van der Waals surface area contributed by atoms with Gasteiger partial charge in [-0.25, -0.2) is 0 Å². The van der Waals surface area contributed by atoms with E-state index in [1.807, 2.05) is 13.0 Å². The molecule has 25 heavy (non-hydrogen) atoms. The molecule has 2 atom stereocenters. The maximum Gasteiger partial charge on any atom is 0.225 e. The molecule has 1 amide bonds. The lowest BCUT2D eigenvalue weighted by molar-refractivity contribution is -0.125. The van der Waals surface area contributed by atoms with Crippen LogP contribution in [0.15, 0.2) is 54.6 Å². The van der Waals surface area contributed by atoms with Gasteiger partial charge in [-0.2, -0.15) is 0 Å². The average Bonchev–Trinajstić information content (AvgIpc) is 2.67. The molecule has 0 saturated carbocycles. The van der Waals surface area contributed by atoms with Gasteiger partial charge in [-0.05, 0) is 37.1 Å². The molecule has 1 fully saturated rings. The first-order chi connectivity index (χ1) is 12.3. The minimum atomic E-state index is 0.00126. The highest BCUT2D eigenvalue weighted by Gasteiger charge is 2.41. The summed E-state index contributed by atoms with van der Waals surface area (Å²) in [4.78, 5) is 17.6. The molecule has 0 spiro atoms. The van der Waals surface area contributed by atoms with E-state index in [2.05, 4.69) is 63.6 Å². The van der Waals surface area contributed by atoms with E-state index in [1.165, 1.54) is 16.9 Å². The van der Waals surface area contributed by atoms with Gasteiger partial charge in [0, 0.05) is 37.6 Å². The molecule has 2 aliphatic heterocycles. The summed E-state index contributed by atoms with van der Waals surface area (Å²) in [5, 5.41) is 3.05. The Kier molecular flexibility index (Phi) is 4.35. The zero-order valence-electron chi connectivity index (χ0n) is 14.7. The number of carbonyl (C=O) groups excluding carboxylic acids is 1. The van der Waals surface area contributed by atoms with E-state index in [4.69, 9.17) is 0 Å². The maximum absolute atomic E-state index is 12.7. The molecule has 2 aromatic carbocycles. The molecule has 4 nitrogen and oxygen atoms in total. The van der Waals surface area contributed by atoms with Crippen molar-refractivity contribution >= 4 is 17.3 Å². The molecular weight excluding hydrogens is 310 g/mol. The van der Waals surface area contributed by atoms with Crippen LogP contribution in [0.3, 0.4) is 0 Å². The molecule has 1 N–H and O–H groups in total. The Bertz CT molecular complexity index is 746. The normalized spacial score (nSPS) is 22.1. The number of amides is 1. The number of fused-ring (bicyclic) bond motifs is 3. The van der Waals surface area contributed by atoms with Gasteiger partial charge < -0.3 is 15.1 Å². The molecule has 0 aromatic heterocycles. The van der Waals surface area contributed by atoms with Crippen LogP contribution in [0, 0.1) is 5.92 Å². The van der Waals surface area contributed by atoms with Gasteiger partial charge in [-0.3, -0.25) is 4.79 Å². The summed E-state index contributed by atoms with van der Waals surface area (Å²) in [7, 11) is 0. The fraction of sp³-hybridized carbons (Fsp3) is 0.381. The number of anilines is 2. The Morgan fingerprint density at radius 1 is 1.08 bits per heavy atom. The summed E-state index contributed by atoms with van der Waals surface area (Å²) >= 11 is 0. The molecule has 4 rings (SSSR count). The van der Waals surface area contributed by atoms with Gasteiger partial charge in [0.25, 0.3) is 0 Å². The van der Waals surface area contributed by atoms with Crippen LogP contribution in [0.4, 0.5) is 11.4 Å². The van der Waals surface area contributed by atoms with Crippen molar-refractivity contribution in [3.05, 3.63) is 60.2 Å². The van der Waals surface area contributed by atoms with E-state index in [0.29, 0.717) is 6.54 Å². The Balaban J connectivity index is 1.66. The van der Waals surface area contributed by atoms with Gasteiger partial charge in [0.1, 0.15) is 0 Å². The first kappa shape index (κ1) is 16.0. The van der Waals surface area contributed by atoms with Crippen LogP contribution >= 0.6 is 0 Å². The van der Waals surface area contributed by atoms with E-state index in [1.54, 1.807) is 0 Å². The highest BCUT2D eigenvalue weighted by molar-refractivity contribution is 5.82. The topological polar surface area (TPSA) is 35.6 Å². The number of rotatable bonds is 3. The third kappa shape index (κ3) is 2.97. The van der Waals surface area contributed by atoms with E-state index in [-0.39, 0.29) is 17.9 Å². The minimum Gasteiger partial charge on any atom is -0.368 e. The number of benzene rings is 2. The third-order valence-electron chi connectivity index (χ3n) is 5.43. The molecule has 1 saturated heterocycles. The second-order valence-corrected chi connectivity index (χ2v) is 6.88. The van der Waals surface area contributed by atoms with Gasteiger partial charge in [0.2, 0.25) is 5.91 Å². The first-order valence-corrected chi connectivity index (χ1v) is 9.20. The fourth-order valence-electron chi connectivity index (χ4n) is 4.24. The Hall–Kier alpha value is -2.49. The average molecular weight is 335 g/mol. The molecule has 0 aliphatic carbocycles. The summed E-state index contributed by atoms with van der Waals surface area (Å²) in [5.74, 6) is 0.184. The zero-order chi connectivity index (χ0) is 17.2. The van der Waals surface area contributed by atoms with Crippen LogP contribution in [0.5, 0.6) is 0 Å². The third-order valence-corrected chi connectivity index (χ3v) is 5.43. The van der Waals surface area contributed by atoms with E-state index in [9.17, 15) is 4.79 Å². The smallest absolute Gasteiger partial charge is 0.225 e. The summed E-state index contributed by atoms with van der Waals surface area (Å²) in [6.45, 7) is 5.50. The Labute approximate surface area is 149 Å². The second kappa shape index (κ2) is 6.79. The van der Waals surface area contributed by atoms with Crippen molar-refractivity contribution < 1.29 is 4.79 Å². The van der Waals surface area contributed by atoms with Crippen LogP contribution in [0.25, 0.3) is 0 Å². The van der Waals surface area contributed by atoms with Gasteiger partial charge in [0.05, 0.1) is 12.0 Å². The Morgan fingerprint density at radius 2 is 1.84 bits per heavy atom. The van der Waals surface area contributed by atoms with Gasteiger partial charge in [-0.15, -0.1) is 0 Å². The number of para-hydroxylation sites is 2. The largest absolute Gasteiger partial charge is 0.368 e. The van der Waals surface area contributed by atoms with E-state index >= 15 is 0 Å². The molecule has 2 aromatic rings. The lowest BCUT2D eigenvalue weighted by atomic mass is 9.83. The van der Waals surface area contributed by atoms with Gasteiger partial charge in [0.15, 0.2) is 0 Å². The predicted molar refractivity (Wildman–Crippen MR) is 102 cm³/mol. The number of piperazine rings is 1. The van der Waals surface area contributed by atoms with Crippen LogP contribution < -0.4 is 15.1 Å². The molecule has 4 heteroatoms. The quantitative estimate of drug-likeness (QED) is 0.937. The summed E-state index contributed by atoms with van der Waals surface area (Å²) < 4.78 is 0. The van der Waals surface area contributed by atoms with Crippen molar-refractivity contribution in [3.8, 4) is 0 Å².